The smallest absolute Gasteiger partial charge is 0.231 e. The molecule has 2 heterocycles. The second-order valence-corrected chi connectivity index (χ2v) is 6.49. The largest absolute Gasteiger partial charge is 0.493 e. The van der Waals surface area contributed by atoms with Gasteiger partial charge in [-0.15, -0.1) is 0 Å². The zero-order valence-electron chi connectivity index (χ0n) is 14.8. The molecule has 0 radical (unpaired) electrons. The van der Waals surface area contributed by atoms with Crippen LogP contribution in [0.4, 0.5) is 0 Å². The average Bonchev–Trinajstić information content (AvgIpc) is 3.09. The SMILES string of the molecule is COc1cc(CN2CCCCC2CNC(=O)CCN)cc2c1OCO2. The number of piperidine rings is 1. The quantitative estimate of drug-likeness (QED) is 0.770. The Morgan fingerprint density at radius 2 is 2.28 bits per heavy atom. The Balaban J connectivity index is 1.66. The molecule has 1 fully saturated rings. The number of hydrogen-bond donors (Lipinski definition) is 2. The van der Waals surface area contributed by atoms with Crippen LogP contribution in [0.3, 0.4) is 0 Å². The first-order valence-electron chi connectivity index (χ1n) is 8.88. The van der Waals surface area contributed by atoms with Crippen molar-refractivity contribution in [3.63, 3.8) is 0 Å². The molecule has 1 atom stereocenters. The summed E-state index contributed by atoms with van der Waals surface area (Å²) in [4.78, 5) is 14.1. The van der Waals surface area contributed by atoms with Gasteiger partial charge in [-0.25, -0.2) is 0 Å². The Labute approximate surface area is 148 Å². The lowest BCUT2D eigenvalue weighted by atomic mass is 10.0. The molecule has 1 saturated heterocycles. The molecule has 2 aliphatic rings. The molecule has 1 aromatic rings. The molecule has 0 saturated carbocycles. The van der Waals surface area contributed by atoms with Gasteiger partial charge in [-0.1, -0.05) is 6.42 Å². The van der Waals surface area contributed by atoms with E-state index in [-0.39, 0.29) is 12.7 Å². The number of nitrogens with zero attached hydrogens (tertiary/aromatic N) is 1. The minimum atomic E-state index is 0.0257. The van der Waals surface area contributed by atoms with E-state index in [1.54, 1.807) is 7.11 Å². The number of ether oxygens (including phenoxy) is 3. The van der Waals surface area contributed by atoms with Gasteiger partial charge in [-0.2, -0.15) is 0 Å². The Hall–Kier alpha value is -1.99. The van der Waals surface area contributed by atoms with Crippen LogP contribution in [0.5, 0.6) is 17.2 Å². The van der Waals surface area contributed by atoms with Gasteiger partial charge in [0.1, 0.15) is 0 Å². The number of methoxy groups -OCH3 is 1. The average molecular weight is 349 g/mol. The molecule has 1 aromatic carbocycles. The molecular formula is C18H27N3O4. The van der Waals surface area contributed by atoms with Crippen molar-refractivity contribution >= 4 is 5.91 Å². The third kappa shape index (κ3) is 4.35. The summed E-state index contributed by atoms with van der Waals surface area (Å²) in [6.07, 6.45) is 3.84. The Kier molecular flexibility index (Phi) is 5.99. The fourth-order valence-corrected chi connectivity index (χ4v) is 3.46. The van der Waals surface area contributed by atoms with Gasteiger partial charge in [0.25, 0.3) is 0 Å². The zero-order chi connectivity index (χ0) is 17.6. The first kappa shape index (κ1) is 17.8. The summed E-state index contributed by atoms with van der Waals surface area (Å²) < 4.78 is 16.4. The molecule has 25 heavy (non-hydrogen) atoms. The first-order chi connectivity index (χ1) is 12.2. The van der Waals surface area contributed by atoms with E-state index in [0.29, 0.717) is 37.1 Å². The molecule has 7 nitrogen and oxygen atoms in total. The lowest BCUT2D eigenvalue weighted by molar-refractivity contribution is -0.121. The van der Waals surface area contributed by atoms with Gasteiger partial charge in [0.05, 0.1) is 7.11 Å². The summed E-state index contributed by atoms with van der Waals surface area (Å²) >= 11 is 0. The van der Waals surface area contributed by atoms with E-state index < -0.39 is 0 Å². The predicted molar refractivity (Wildman–Crippen MR) is 93.8 cm³/mol. The summed E-state index contributed by atoms with van der Waals surface area (Å²) in [6, 6.07) is 4.36. The van der Waals surface area contributed by atoms with Crippen LogP contribution in [0.2, 0.25) is 0 Å². The molecule has 0 bridgehead atoms. The van der Waals surface area contributed by atoms with Crippen LogP contribution in [0.1, 0.15) is 31.2 Å². The molecule has 0 spiro atoms. The van der Waals surface area contributed by atoms with Crippen molar-refractivity contribution in [3.05, 3.63) is 17.7 Å². The molecule has 0 aliphatic carbocycles. The van der Waals surface area contributed by atoms with E-state index in [2.05, 4.69) is 10.2 Å². The van der Waals surface area contributed by atoms with Crippen molar-refractivity contribution in [2.24, 2.45) is 5.73 Å². The number of likely N-dealkylation sites (tertiary alicyclic amines) is 1. The number of carbonyl (C=O) groups is 1. The van der Waals surface area contributed by atoms with Gasteiger partial charge in [0.2, 0.25) is 18.4 Å². The Morgan fingerprint density at radius 1 is 1.40 bits per heavy atom. The number of carbonyl (C=O) groups excluding carboxylic acids is 1. The summed E-state index contributed by atoms with van der Waals surface area (Å²) in [5.74, 6) is 2.14. The molecular weight excluding hydrogens is 322 g/mol. The van der Waals surface area contributed by atoms with Crippen LogP contribution in [-0.4, -0.2) is 50.4 Å². The number of amides is 1. The van der Waals surface area contributed by atoms with Crippen molar-refractivity contribution in [2.45, 2.75) is 38.3 Å². The highest BCUT2D eigenvalue weighted by Gasteiger charge is 2.25. The van der Waals surface area contributed by atoms with Crippen LogP contribution in [-0.2, 0) is 11.3 Å². The van der Waals surface area contributed by atoms with E-state index >= 15 is 0 Å². The molecule has 3 N–H and O–H groups in total. The monoisotopic (exact) mass is 349 g/mol. The zero-order valence-corrected chi connectivity index (χ0v) is 14.8. The van der Waals surface area contributed by atoms with E-state index in [1.807, 2.05) is 12.1 Å². The summed E-state index contributed by atoms with van der Waals surface area (Å²) in [5.41, 5.74) is 6.56. The number of benzene rings is 1. The maximum atomic E-state index is 11.7. The van der Waals surface area contributed by atoms with E-state index in [1.165, 1.54) is 12.8 Å². The van der Waals surface area contributed by atoms with E-state index in [9.17, 15) is 4.79 Å². The number of nitrogens with one attached hydrogen (secondary N) is 1. The normalized spacial score (nSPS) is 19.7. The van der Waals surface area contributed by atoms with E-state index in [4.69, 9.17) is 19.9 Å². The molecule has 3 rings (SSSR count). The minimum absolute atomic E-state index is 0.0257. The fraction of sp³-hybridized carbons (Fsp3) is 0.611. The van der Waals surface area contributed by atoms with Gasteiger partial charge in [0, 0.05) is 32.1 Å². The highest BCUT2D eigenvalue weighted by atomic mass is 16.7. The number of rotatable bonds is 7. The van der Waals surface area contributed by atoms with Crippen molar-refractivity contribution in [2.75, 3.05) is 33.5 Å². The fourth-order valence-electron chi connectivity index (χ4n) is 3.46. The molecule has 1 unspecified atom stereocenters. The van der Waals surface area contributed by atoms with Gasteiger partial charge in [-0.3, -0.25) is 9.69 Å². The van der Waals surface area contributed by atoms with Gasteiger partial charge in [0.15, 0.2) is 11.5 Å². The van der Waals surface area contributed by atoms with Gasteiger partial charge >= 0.3 is 0 Å². The second-order valence-electron chi connectivity index (χ2n) is 6.49. The van der Waals surface area contributed by atoms with Crippen molar-refractivity contribution in [1.82, 2.24) is 10.2 Å². The first-order valence-corrected chi connectivity index (χ1v) is 8.88. The molecule has 2 aliphatic heterocycles. The standard InChI is InChI=1S/C18H27N3O4/c1-23-15-8-13(9-16-18(15)25-12-24-16)11-21-7-3-2-4-14(21)10-20-17(22)5-6-19/h8-9,14H,2-7,10-12,19H2,1H3,(H,20,22). The number of hydrogen-bond acceptors (Lipinski definition) is 6. The maximum absolute atomic E-state index is 11.7. The summed E-state index contributed by atoms with van der Waals surface area (Å²) in [6.45, 7) is 3.10. The number of fused-ring (bicyclic) bond motifs is 1. The van der Waals surface area contributed by atoms with Crippen molar-refractivity contribution < 1.29 is 19.0 Å². The Bertz CT molecular complexity index is 608. The minimum Gasteiger partial charge on any atom is -0.493 e. The van der Waals surface area contributed by atoms with Crippen LogP contribution in [0.25, 0.3) is 0 Å². The third-order valence-corrected chi connectivity index (χ3v) is 4.76. The van der Waals surface area contributed by atoms with Crippen LogP contribution < -0.4 is 25.3 Å². The highest BCUT2D eigenvalue weighted by Crippen LogP contribution is 2.42. The Morgan fingerprint density at radius 3 is 3.08 bits per heavy atom. The maximum Gasteiger partial charge on any atom is 0.231 e. The second kappa shape index (κ2) is 8.40. The lowest BCUT2D eigenvalue weighted by Gasteiger charge is -2.36. The molecule has 1 amide bonds. The number of nitrogens with two attached hydrogens (primary N) is 1. The lowest BCUT2D eigenvalue weighted by Crippen LogP contribution is -2.46. The van der Waals surface area contributed by atoms with E-state index in [0.717, 1.165) is 30.8 Å². The molecule has 7 heteroatoms. The van der Waals surface area contributed by atoms with Gasteiger partial charge < -0.3 is 25.3 Å². The van der Waals surface area contributed by atoms with Crippen LogP contribution >= 0.6 is 0 Å². The topological polar surface area (TPSA) is 86.1 Å². The molecule has 0 aromatic heterocycles. The molecule has 138 valence electrons. The van der Waals surface area contributed by atoms with Crippen LogP contribution in [0.15, 0.2) is 12.1 Å². The van der Waals surface area contributed by atoms with Crippen LogP contribution in [0, 0.1) is 0 Å². The van der Waals surface area contributed by atoms with Crippen molar-refractivity contribution in [3.8, 4) is 17.2 Å². The summed E-state index contributed by atoms with van der Waals surface area (Å²) in [5, 5.41) is 3.00. The predicted octanol–water partition coefficient (Wildman–Crippen LogP) is 1.24. The third-order valence-electron chi connectivity index (χ3n) is 4.76. The van der Waals surface area contributed by atoms with Crippen molar-refractivity contribution in [1.29, 1.82) is 0 Å². The van der Waals surface area contributed by atoms with Gasteiger partial charge in [-0.05, 0) is 37.1 Å². The highest BCUT2D eigenvalue weighted by molar-refractivity contribution is 5.76. The summed E-state index contributed by atoms with van der Waals surface area (Å²) in [7, 11) is 1.64.